The zero-order valence-corrected chi connectivity index (χ0v) is 8.55. The highest BCUT2D eigenvalue weighted by molar-refractivity contribution is 4.65. The number of allylic oxidation sites excluding steroid dienone is 1. The molecule has 0 atom stereocenters. The van der Waals surface area contributed by atoms with Crippen molar-refractivity contribution in [3.05, 3.63) is 12.3 Å². The summed E-state index contributed by atoms with van der Waals surface area (Å²) in [6, 6.07) is 0. The second-order valence-electron chi connectivity index (χ2n) is 2.72. The van der Waals surface area contributed by atoms with Crippen LogP contribution in [-0.4, -0.2) is 31.1 Å². The SMILES string of the molecule is C/C=C\OCCCN(CC)CC. The standard InChI is InChI=1S/C10H21NO/c1-4-9-12-10-7-8-11(5-2)6-3/h4,9H,5-8,10H2,1-3H3/b9-4-. The summed E-state index contributed by atoms with van der Waals surface area (Å²) in [4.78, 5) is 2.40. The molecule has 0 amide bonds. The molecule has 2 heteroatoms. The highest BCUT2D eigenvalue weighted by Gasteiger charge is 1.96. The fourth-order valence-corrected chi connectivity index (χ4v) is 1.08. The van der Waals surface area contributed by atoms with E-state index in [4.69, 9.17) is 4.74 Å². The maximum absolute atomic E-state index is 5.21. The molecule has 0 aliphatic carbocycles. The molecule has 0 saturated heterocycles. The molecule has 0 N–H and O–H groups in total. The second kappa shape index (κ2) is 8.60. The molecule has 0 aromatic carbocycles. The number of hydrogen-bond donors (Lipinski definition) is 0. The Balaban J connectivity index is 3.17. The Morgan fingerprint density at radius 3 is 2.42 bits per heavy atom. The van der Waals surface area contributed by atoms with Crippen LogP contribution < -0.4 is 0 Å². The van der Waals surface area contributed by atoms with Gasteiger partial charge in [-0.25, -0.2) is 0 Å². The maximum atomic E-state index is 5.21. The van der Waals surface area contributed by atoms with E-state index >= 15 is 0 Å². The quantitative estimate of drug-likeness (QED) is 0.430. The number of ether oxygens (including phenoxy) is 1. The normalized spacial score (nSPS) is 11.3. The van der Waals surface area contributed by atoms with E-state index < -0.39 is 0 Å². The molecule has 0 rings (SSSR count). The lowest BCUT2D eigenvalue weighted by Crippen LogP contribution is -2.24. The molecule has 0 unspecified atom stereocenters. The third kappa shape index (κ3) is 6.23. The predicted octanol–water partition coefficient (Wildman–Crippen LogP) is 2.27. The van der Waals surface area contributed by atoms with Crippen LogP contribution in [-0.2, 0) is 4.74 Å². The summed E-state index contributed by atoms with van der Waals surface area (Å²) in [7, 11) is 0. The van der Waals surface area contributed by atoms with Crippen LogP contribution in [0.2, 0.25) is 0 Å². The first-order valence-corrected chi connectivity index (χ1v) is 4.80. The lowest BCUT2D eigenvalue weighted by molar-refractivity contribution is 0.212. The monoisotopic (exact) mass is 171 g/mol. The van der Waals surface area contributed by atoms with Crippen LogP contribution in [0.1, 0.15) is 27.2 Å². The first kappa shape index (κ1) is 11.5. The topological polar surface area (TPSA) is 12.5 Å². The van der Waals surface area contributed by atoms with Crippen molar-refractivity contribution in [2.45, 2.75) is 27.2 Å². The van der Waals surface area contributed by atoms with Crippen LogP contribution in [0.25, 0.3) is 0 Å². The average Bonchev–Trinajstić information content (AvgIpc) is 2.11. The van der Waals surface area contributed by atoms with E-state index in [1.165, 1.54) is 0 Å². The summed E-state index contributed by atoms with van der Waals surface area (Å²) >= 11 is 0. The summed E-state index contributed by atoms with van der Waals surface area (Å²) < 4.78 is 5.21. The van der Waals surface area contributed by atoms with Crippen LogP contribution in [0, 0.1) is 0 Å². The summed E-state index contributed by atoms with van der Waals surface area (Å²) in [6.07, 6.45) is 4.78. The van der Waals surface area contributed by atoms with Crippen molar-refractivity contribution in [1.29, 1.82) is 0 Å². The largest absolute Gasteiger partial charge is 0.501 e. The number of rotatable bonds is 7. The molecule has 0 fully saturated rings. The Morgan fingerprint density at radius 2 is 1.92 bits per heavy atom. The smallest absolute Gasteiger partial charge is 0.0885 e. The van der Waals surface area contributed by atoms with Gasteiger partial charge in [0.05, 0.1) is 12.9 Å². The molecule has 12 heavy (non-hydrogen) atoms. The van der Waals surface area contributed by atoms with E-state index in [1.807, 2.05) is 13.0 Å². The van der Waals surface area contributed by atoms with Gasteiger partial charge in [-0.3, -0.25) is 0 Å². The maximum Gasteiger partial charge on any atom is 0.0885 e. The van der Waals surface area contributed by atoms with E-state index in [1.54, 1.807) is 6.26 Å². The average molecular weight is 171 g/mol. The van der Waals surface area contributed by atoms with Gasteiger partial charge in [-0.1, -0.05) is 19.9 Å². The minimum Gasteiger partial charge on any atom is -0.501 e. The summed E-state index contributed by atoms with van der Waals surface area (Å²) in [6.45, 7) is 10.6. The van der Waals surface area contributed by atoms with Crippen LogP contribution in [0.15, 0.2) is 12.3 Å². The molecule has 0 saturated carbocycles. The van der Waals surface area contributed by atoms with Crippen molar-refractivity contribution < 1.29 is 4.74 Å². The molecule has 0 aromatic rings. The van der Waals surface area contributed by atoms with E-state index in [0.29, 0.717) is 0 Å². The fourth-order valence-electron chi connectivity index (χ4n) is 1.08. The third-order valence-electron chi connectivity index (χ3n) is 1.86. The van der Waals surface area contributed by atoms with Crippen molar-refractivity contribution in [1.82, 2.24) is 4.90 Å². The third-order valence-corrected chi connectivity index (χ3v) is 1.86. The fraction of sp³-hybridized carbons (Fsp3) is 0.800. The summed E-state index contributed by atoms with van der Waals surface area (Å²) in [5, 5.41) is 0. The van der Waals surface area contributed by atoms with E-state index in [-0.39, 0.29) is 0 Å². The van der Waals surface area contributed by atoms with Gasteiger partial charge in [0.2, 0.25) is 0 Å². The number of nitrogens with zero attached hydrogens (tertiary/aromatic N) is 1. The molecule has 2 nitrogen and oxygen atoms in total. The van der Waals surface area contributed by atoms with Gasteiger partial charge in [0.1, 0.15) is 0 Å². The summed E-state index contributed by atoms with van der Waals surface area (Å²) in [5.41, 5.74) is 0. The van der Waals surface area contributed by atoms with Crippen molar-refractivity contribution >= 4 is 0 Å². The Hall–Kier alpha value is -0.500. The van der Waals surface area contributed by atoms with E-state index in [9.17, 15) is 0 Å². The second-order valence-corrected chi connectivity index (χ2v) is 2.72. The number of hydrogen-bond acceptors (Lipinski definition) is 2. The van der Waals surface area contributed by atoms with Crippen molar-refractivity contribution in [3.8, 4) is 0 Å². The minimum atomic E-state index is 0.834. The predicted molar refractivity (Wildman–Crippen MR) is 53.2 cm³/mol. The Labute approximate surface area is 76.2 Å². The molecular formula is C10H21NO. The zero-order chi connectivity index (χ0) is 9.23. The summed E-state index contributed by atoms with van der Waals surface area (Å²) in [5.74, 6) is 0. The first-order valence-electron chi connectivity index (χ1n) is 4.80. The highest BCUT2D eigenvalue weighted by atomic mass is 16.5. The molecule has 0 aromatic heterocycles. The lowest BCUT2D eigenvalue weighted by atomic mass is 10.4. The molecular weight excluding hydrogens is 150 g/mol. The molecule has 72 valence electrons. The van der Waals surface area contributed by atoms with Crippen LogP contribution in [0.4, 0.5) is 0 Å². The lowest BCUT2D eigenvalue weighted by Gasteiger charge is -2.17. The van der Waals surface area contributed by atoms with Gasteiger partial charge in [0.15, 0.2) is 0 Å². The Morgan fingerprint density at radius 1 is 1.25 bits per heavy atom. The van der Waals surface area contributed by atoms with Gasteiger partial charge in [0.25, 0.3) is 0 Å². The van der Waals surface area contributed by atoms with Crippen molar-refractivity contribution in [2.24, 2.45) is 0 Å². The van der Waals surface area contributed by atoms with Gasteiger partial charge in [-0.15, -0.1) is 0 Å². The molecule has 0 heterocycles. The Kier molecular flexibility index (Phi) is 8.24. The minimum absolute atomic E-state index is 0.834. The van der Waals surface area contributed by atoms with Crippen LogP contribution in [0.3, 0.4) is 0 Å². The molecule has 0 aliphatic heterocycles. The zero-order valence-electron chi connectivity index (χ0n) is 8.55. The molecule has 0 radical (unpaired) electrons. The molecule has 0 aliphatic rings. The molecule has 0 spiro atoms. The van der Waals surface area contributed by atoms with Gasteiger partial charge < -0.3 is 9.64 Å². The first-order chi connectivity index (χ1) is 5.85. The van der Waals surface area contributed by atoms with Gasteiger partial charge in [-0.05, 0) is 26.4 Å². The van der Waals surface area contributed by atoms with Gasteiger partial charge in [-0.2, -0.15) is 0 Å². The van der Waals surface area contributed by atoms with E-state index in [0.717, 1.165) is 32.7 Å². The Bertz CT molecular complexity index is 108. The van der Waals surface area contributed by atoms with Crippen molar-refractivity contribution in [3.63, 3.8) is 0 Å². The van der Waals surface area contributed by atoms with Gasteiger partial charge >= 0.3 is 0 Å². The van der Waals surface area contributed by atoms with Gasteiger partial charge in [0, 0.05) is 6.54 Å². The van der Waals surface area contributed by atoms with Crippen LogP contribution >= 0.6 is 0 Å². The highest BCUT2D eigenvalue weighted by Crippen LogP contribution is 1.91. The van der Waals surface area contributed by atoms with Crippen LogP contribution in [0.5, 0.6) is 0 Å². The van der Waals surface area contributed by atoms with Crippen molar-refractivity contribution in [2.75, 3.05) is 26.2 Å². The van der Waals surface area contributed by atoms with E-state index in [2.05, 4.69) is 18.7 Å². The molecule has 0 bridgehead atoms.